The van der Waals surface area contributed by atoms with Crippen LogP contribution < -0.4 is 0 Å². The first-order valence-corrected chi connectivity index (χ1v) is 6.69. The van der Waals surface area contributed by atoms with Crippen molar-refractivity contribution in [3.63, 3.8) is 0 Å². The summed E-state index contributed by atoms with van der Waals surface area (Å²) in [6.45, 7) is 2.24. The first kappa shape index (κ1) is 14.0. The number of benzene rings is 1. The minimum absolute atomic E-state index is 0.109. The van der Waals surface area contributed by atoms with Gasteiger partial charge in [-0.2, -0.15) is 0 Å². The van der Waals surface area contributed by atoms with Gasteiger partial charge in [0, 0.05) is 20.2 Å². The quantitative estimate of drug-likeness (QED) is 0.780. The molecular weight excluding hydrogens is 242 g/mol. The largest absolute Gasteiger partial charge is 0.480 e. The molecule has 1 aliphatic rings. The lowest BCUT2D eigenvalue weighted by Gasteiger charge is -2.21. The maximum Gasteiger partial charge on any atom is 0.317 e. The highest BCUT2D eigenvalue weighted by Crippen LogP contribution is 2.30. The second-order valence-electron chi connectivity index (χ2n) is 5.21. The molecule has 0 atom stereocenters. The first-order valence-electron chi connectivity index (χ1n) is 6.69. The van der Waals surface area contributed by atoms with Crippen LogP contribution in [0.15, 0.2) is 24.3 Å². The Bertz CT molecular complexity index is 429. The number of nitrogens with zero attached hydrogens (tertiary/aromatic N) is 1. The molecule has 104 valence electrons. The lowest BCUT2D eigenvalue weighted by molar-refractivity contribution is -0.138. The van der Waals surface area contributed by atoms with E-state index >= 15 is 0 Å². The first-order chi connectivity index (χ1) is 9.19. The topological polar surface area (TPSA) is 49.8 Å². The van der Waals surface area contributed by atoms with E-state index in [0.717, 1.165) is 17.7 Å². The van der Waals surface area contributed by atoms with Crippen molar-refractivity contribution in [3.05, 3.63) is 35.4 Å². The van der Waals surface area contributed by atoms with E-state index in [1.54, 1.807) is 7.11 Å². The van der Waals surface area contributed by atoms with Gasteiger partial charge in [-0.3, -0.25) is 9.69 Å². The Morgan fingerprint density at radius 1 is 1.37 bits per heavy atom. The molecule has 0 saturated heterocycles. The van der Waals surface area contributed by atoms with Gasteiger partial charge in [0.15, 0.2) is 0 Å². The Labute approximate surface area is 114 Å². The second kappa shape index (κ2) is 6.68. The van der Waals surface area contributed by atoms with E-state index in [9.17, 15) is 4.79 Å². The number of ether oxygens (including phenoxy) is 1. The maximum absolute atomic E-state index is 10.9. The van der Waals surface area contributed by atoms with Crippen LogP contribution in [0.25, 0.3) is 0 Å². The van der Waals surface area contributed by atoms with Crippen molar-refractivity contribution in [1.82, 2.24) is 4.90 Å². The highest BCUT2D eigenvalue weighted by molar-refractivity contribution is 5.69. The molecule has 0 spiro atoms. The Kier molecular flexibility index (Phi) is 4.93. The molecule has 0 radical (unpaired) electrons. The van der Waals surface area contributed by atoms with Crippen LogP contribution in [0.1, 0.15) is 24.0 Å². The molecule has 2 rings (SSSR count). The molecule has 0 heterocycles. The van der Waals surface area contributed by atoms with E-state index in [1.165, 1.54) is 12.8 Å². The highest BCUT2D eigenvalue weighted by atomic mass is 16.5. The van der Waals surface area contributed by atoms with Crippen molar-refractivity contribution in [3.8, 4) is 0 Å². The normalized spacial score (nSPS) is 14.8. The Hall–Kier alpha value is -1.39. The number of aliphatic carboxylic acids is 1. The van der Waals surface area contributed by atoms with Gasteiger partial charge in [0.05, 0.1) is 13.2 Å². The lowest BCUT2D eigenvalue weighted by atomic mass is 10.1. The Morgan fingerprint density at radius 2 is 2.05 bits per heavy atom. The van der Waals surface area contributed by atoms with E-state index in [0.29, 0.717) is 19.1 Å². The predicted octanol–water partition coefficient (Wildman–Crippen LogP) is 2.13. The third-order valence-corrected chi connectivity index (χ3v) is 3.38. The van der Waals surface area contributed by atoms with Gasteiger partial charge in [0.1, 0.15) is 0 Å². The van der Waals surface area contributed by atoms with Crippen molar-refractivity contribution in [2.75, 3.05) is 20.2 Å². The molecule has 4 heteroatoms. The molecule has 19 heavy (non-hydrogen) atoms. The zero-order valence-corrected chi connectivity index (χ0v) is 11.3. The molecule has 0 bridgehead atoms. The molecule has 0 aliphatic heterocycles. The average molecular weight is 263 g/mol. The van der Waals surface area contributed by atoms with Gasteiger partial charge < -0.3 is 9.84 Å². The molecule has 0 amide bonds. The highest BCUT2D eigenvalue weighted by Gasteiger charge is 2.25. The third kappa shape index (κ3) is 4.65. The number of hydrogen-bond acceptors (Lipinski definition) is 3. The number of rotatable bonds is 8. The molecule has 1 N–H and O–H groups in total. The van der Waals surface area contributed by atoms with Crippen LogP contribution in [-0.4, -0.2) is 36.2 Å². The van der Waals surface area contributed by atoms with E-state index in [1.807, 2.05) is 23.1 Å². The van der Waals surface area contributed by atoms with Crippen LogP contribution in [0.4, 0.5) is 0 Å². The minimum Gasteiger partial charge on any atom is -0.480 e. The fraction of sp³-hybridized carbons (Fsp3) is 0.533. The van der Waals surface area contributed by atoms with Crippen LogP contribution in [0, 0.1) is 5.92 Å². The van der Waals surface area contributed by atoms with Gasteiger partial charge in [-0.15, -0.1) is 0 Å². The fourth-order valence-corrected chi connectivity index (χ4v) is 2.29. The number of carboxylic acids is 1. The van der Waals surface area contributed by atoms with Crippen LogP contribution in [0.5, 0.6) is 0 Å². The van der Waals surface area contributed by atoms with Gasteiger partial charge in [-0.25, -0.2) is 0 Å². The summed E-state index contributed by atoms with van der Waals surface area (Å²) in [6.07, 6.45) is 2.46. The summed E-state index contributed by atoms with van der Waals surface area (Å²) >= 11 is 0. The fourth-order valence-electron chi connectivity index (χ4n) is 2.29. The zero-order valence-electron chi connectivity index (χ0n) is 11.3. The average Bonchev–Trinajstić information content (AvgIpc) is 3.15. The van der Waals surface area contributed by atoms with E-state index in [-0.39, 0.29) is 6.54 Å². The van der Waals surface area contributed by atoms with Crippen molar-refractivity contribution in [2.45, 2.75) is 26.0 Å². The molecule has 1 aromatic rings. The predicted molar refractivity (Wildman–Crippen MR) is 72.8 cm³/mol. The lowest BCUT2D eigenvalue weighted by Crippen LogP contribution is -2.31. The smallest absolute Gasteiger partial charge is 0.317 e. The van der Waals surface area contributed by atoms with Crippen molar-refractivity contribution < 1.29 is 14.6 Å². The minimum atomic E-state index is -0.759. The maximum atomic E-state index is 10.9. The van der Waals surface area contributed by atoms with Gasteiger partial charge in [-0.05, 0) is 29.9 Å². The summed E-state index contributed by atoms with van der Waals surface area (Å²) < 4.78 is 5.19. The van der Waals surface area contributed by atoms with Crippen LogP contribution in [0.3, 0.4) is 0 Å². The van der Waals surface area contributed by atoms with Crippen molar-refractivity contribution in [2.24, 2.45) is 5.92 Å². The molecule has 4 nitrogen and oxygen atoms in total. The van der Waals surface area contributed by atoms with Crippen molar-refractivity contribution >= 4 is 5.97 Å². The summed E-state index contributed by atoms with van der Waals surface area (Å²) in [5.74, 6) is -0.0705. The number of carboxylic acid groups (broad SMARTS) is 1. The standard InChI is InChI=1S/C15H21NO3/c1-19-11-14-5-3-2-4-13(14)9-16(10-15(17)18)8-12-6-7-12/h2-5,12H,6-11H2,1H3,(H,17,18). The monoisotopic (exact) mass is 263 g/mol. The molecule has 0 unspecified atom stereocenters. The number of methoxy groups -OCH3 is 1. The van der Waals surface area contributed by atoms with Gasteiger partial charge in [0.2, 0.25) is 0 Å². The van der Waals surface area contributed by atoms with Gasteiger partial charge in [-0.1, -0.05) is 24.3 Å². The molecule has 1 aliphatic carbocycles. The Balaban J connectivity index is 2.03. The molecule has 0 aromatic heterocycles. The Morgan fingerprint density at radius 3 is 2.63 bits per heavy atom. The van der Waals surface area contributed by atoms with Crippen LogP contribution in [0.2, 0.25) is 0 Å². The summed E-state index contributed by atoms with van der Waals surface area (Å²) in [5.41, 5.74) is 2.29. The molecule has 1 aromatic carbocycles. The van der Waals surface area contributed by atoms with E-state index < -0.39 is 5.97 Å². The van der Waals surface area contributed by atoms with Gasteiger partial charge in [0.25, 0.3) is 0 Å². The number of carbonyl (C=O) groups is 1. The summed E-state index contributed by atoms with van der Waals surface area (Å²) in [6, 6.07) is 8.07. The van der Waals surface area contributed by atoms with E-state index in [2.05, 4.69) is 6.07 Å². The molecular formula is C15H21NO3. The zero-order chi connectivity index (χ0) is 13.7. The second-order valence-corrected chi connectivity index (χ2v) is 5.21. The summed E-state index contributed by atoms with van der Waals surface area (Å²) in [5, 5.41) is 9.00. The van der Waals surface area contributed by atoms with Crippen LogP contribution in [-0.2, 0) is 22.7 Å². The molecule has 1 fully saturated rings. The summed E-state index contributed by atoms with van der Waals surface area (Å²) in [7, 11) is 1.68. The van der Waals surface area contributed by atoms with Gasteiger partial charge >= 0.3 is 5.97 Å². The van der Waals surface area contributed by atoms with Crippen LogP contribution >= 0.6 is 0 Å². The number of hydrogen-bond donors (Lipinski definition) is 1. The molecule has 1 saturated carbocycles. The summed E-state index contributed by atoms with van der Waals surface area (Å²) in [4.78, 5) is 13.0. The van der Waals surface area contributed by atoms with E-state index in [4.69, 9.17) is 9.84 Å². The van der Waals surface area contributed by atoms with Crippen molar-refractivity contribution in [1.29, 1.82) is 0 Å². The third-order valence-electron chi connectivity index (χ3n) is 3.38. The SMILES string of the molecule is COCc1ccccc1CN(CC(=O)O)CC1CC1.